The van der Waals surface area contributed by atoms with E-state index in [4.69, 9.17) is 9.47 Å². The maximum atomic E-state index is 5.36. The maximum Gasteiger partial charge on any atom is 0.123 e. The van der Waals surface area contributed by atoms with E-state index in [1.807, 2.05) is 18.2 Å². The van der Waals surface area contributed by atoms with E-state index in [1.54, 1.807) is 14.2 Å². The summed E-state index contributed by atoms with van der Waals surface area (Å²) in [6.45, 7) is 4.88. The van der Waals surface area contributed by atoms with Crippen LogP contribution < -0.4 is 10.1 Å². The minimum absolute atomic E-state index is 0.168. The lowest BCUT2D eigenvalue weighted by molar-refractivity contribution is 0.161. The first-order valence-corrected chi connectivity index (χ1v) is 5.57. The van der Waals surface area contributed by atoms with Crippen molar-refractivity contribution in [3.8, 4) is 5.75 Å². The lowest BCUT2D eigenvalue weighted by atomic mass is 10.1. The minimum atomic E-state index is 0.168. The Bertz CT molecular complexity index is 313. The average Bonchev–Trinajstić information content (AvgIpc) is 2.28. The Morgan fingerprint density at radius 3 is 2.44 bits per heavy atom. The van der Waals surface area contributed by atoms with Crippen LogP contribution in [0.2, 0.25) is 0 Å². The van der Waals surface area contributed by atoms with Gasteiger partial charge < -0.3 is 14.8 Å². The van der Waals surface area contributed by atoms with E-state index in [9.17, 15) is 0 Å². The van der Waals surface area contributed by atoms with Crippen LogP contribution in [0.1, 0.15) is 25.5 Å². The number of hydrogen-bond acceptors (Lipinski definition) is 3. The molecule has 0 spiro atoms. The number of methoxy groups -OCH3 is 2. The molecule has 1 aromatic rings. The number of ether oxygens (including phenoxy) is 2. The van der Waals surface area contributed by atoms with E-state index in [0.29, 0.717) is 12.6 Å². The molecule has 1 rings (SSSR count). The molecule has 0 fully saturated rings. The third-order valence-corrected chi connectivity index (χ3v) is 2.38. The summed E-state index contributed by atoms with van der Waals surface area (Å²) in [6.07, 6.45) is 0. The summed E-state index contributed by atoms with van der Waals surface area (Å²) in [4.78, 5) is 0. The second-order valence-electron chi connectivity index (χ2n) is 4.07. The molecular formula is C13H21NO2. The normalized spacial score (nSPS) is 12.8. The van der Waals surface area contributed by atoms with Crippen LogP contribution >= 0.6 is 0 Å². The van der Waals surface area contributed by atoms with Crippen molar-refractivity contribution in [3.05, 3.63) is 29.8 Å². The molecule has 0 radical (unpaired) electrons. The van der Waals surface area contributed by atoms with Crippen LogP contribution in [0.25, 0.3) is 0 Å². The van der Waals surface area contributed by atoms with Crippen molar-refractivity contribution >= 4 is 0 Å². The quantitative estimate of drug-likeness (QED) is 0.803. The van der Waals surface area contributed by atoms with E-state index in [1.165, 1.54) is 0 Å². The molecule has 3 nitrogen and oxygen atoms in total. The van der Waals surface area contributed by atoms with Crippen molar-refractivity contribution in [2.24, 2.45) is 0 Å². The molecule has 90 valence electrons. The Morgan fingerprint density at radius 1 is 1.19 bits per heavy atom. The van der Waals surface area contributed by atoms with Crippen LogP contribution in [0.4, 0.5) is 0 Å². The summed E-state index contributed by atoms with van der Waals surface area (Å²) < 4.78 is 10.6. The van der Waals surface area contributed by atoms with Crippen molar-refractivity contribution in [2.75, 3.05) is 20.8 Å². The zero-order valence-corrected chi connectivity index (χ0v) is 10.5. The highest BCUT2D eigenvalue weighted by atomic mass is 16.5. The molecular weight excluding hydrogens is 202 g/mol. The van der Waals surface area contributed by atoms with Crippen molar-refractivity contribution in [1.82, 2.24) is 5.32 Å². The molecule has 16 heavy (non-hydrogen) atoms. The van der Waals surface area contributed by atoms with Gasteiger partial charge in [0.1, 0.15) is 5.75 Å². The van der Waals surface area contributed by atoms with E-state index in [2.05, 4.69) is 25.2 Å². The van der Waals surface area contributed by atoms with Gasteiger partial charge in [0.05, 0.1) is 19.8 Å². The fraction of sp³-hybridized carbons (Fsp3) is 0.538. The summed E-state index contributed by atoms with van der Waals surface area (Å²) in [7, 11) is 3.41. The van der Waals surface area contributed by atoms with Crippen molar-refractivity contribution in [3.63, 3.8) is 0 Å². The standard InChI is InChI=1S/C13H21NO2/c1-10(2)14-12(9-15-3)11-7-5-6-8-13(11)16-4/h5-8,10,12,14H,9H2,1-4H3/t12-/m1/s1. The molecule has 0 aliphatic carbocycles. The first-order valence-electron chi connectivity index (χ1n) is 5.57. The maximum absolute atomic E-state index is 5.36. The lowest BCUT2D eigenvalue weighted by Gasteiger charge is -2.22. The highest BCUT2D eigenvalue weighted by molar-refractivity contribution is 5.36. The number of rotatable bonds is 6. The predicted octanol–water partition coefficient (Wildman–Crippen LogP) is 2.38. The summed E-state index contributed by atoms with van der Waals surface area (Å²) >= 11 is 0. The highest BCUT2D eigenvalue weighted by Crippen LogP contribution is 2.25. The van der Waals surface area contributed by atoms with Gasteiger partial charge in [0.25, 0.3) is 0 Å². The molecule has 0 saturated carbocycles. The van der Waals surface area contributed by atoms with Gasteiger partial charge in [-0.1, -0.05) is 32.0 Å². The van der Waals surface area contributed by atoms with E-state index in [-0.39, 0.29) is 6.04 Å². The van der Waals surface area contributed by atoms with Crippen LogP contribution in [-0.2, 0) is 4.74 Å². The zero-order chi connectivity index (χ0) is 12.0. The van der Waals surface area contributed by atoms with Gasteiger partial charge in [-0.05, 0) is 6.07 Å². The Balaban J connectivity index is 2.90. The molecule has 1 atom stereocenters. The minimum Gasteiger partial charge on any atom is -0.496 e. The molecule has 0 aromatic heterocycles. The molecule has 0 aliphatic heterocycles. The Morgan fingerprint density at radius 2 is 1.88 bits per heavy atom. The average molecular weight is 223 g/mol. The lowest BCUT2D eigenvalue weighted by Crippen LogP contribution is -2.31. The summed E-state index contributed by atoms with van der Waals surface area (Å²) in [5, 5.41) is 3.47. The topological polar surface area (TPSA) is 30.5 Å². The van der Waals surface area contributed by atoms with Crippen LogP contribution in [0.3, 0.4) is 0 Å². The van der Waals surface area contributed by atoms with Gasteiger partial charge in [-0.25, -0.2) is 0 Å². The van der Waals surface area contributed by atoms with Crippen molar-refractivity contribution in [2.45, 2.75) is 25.9 Å². The molecule has 3 heteroatoms. The van der Waals surface area contributed by atoms with Gasteiger partial charge in [-0.3, -0.25) is 0 Å². The second-order valence-corrected chi connectivity index (χ2v) is 4.07. The number of nitrogens with one attached hydrogen (secondary N) is 1. The van der Waals surface area contributed by atoms with E-state index >= 15 is 0 Å². The van der Waals surface area contributed by atoms with Crippen LogP contribution in [0.5, 0.6) is 5.75 Å². The second kappa shape index (κ2) is 6.51. The van der Waals surface area contributed by atoms with Gasteiger partial charge in [0, 0.05) is 18.7 Å². The van der Waals surface area contributed by atoms with Gasteiger partial charge in [-0.2, -0.15) is 0 Å². The van der Waals surface area contributed by atoms with Gasteiger partial charge in [0.2, 0.25) is 0 Å². The van der Waals surface area contributed by atoms with Gasteiger partial charge in [-0.15, -0.1) is 0 Å². The molecule has 1 N–H and O–H groups in total. The molecule has 0 amide bonds. The number of para-hydroxylation sites is 1. The molecule has 0 saturated heterocycles. The monoisotopic (exact) mass is 223 g/mol. The molecule has 1 aromatic carbocycles. The van der Waals surface area contributed by atoms with Crippen molar-refractivity contribution < 1.29 is 9.47 Å². The SMILES string of the molecule is COC[C@@H](NC(C)C)c1ccccc1OC. The van der Waals surface area contributed by atoms with Gasteiger partial charge >= 0.3 is 0 Å². The molecule has 0 unspecified atom stereocenters. The van der Waals surface area contributed by atoms with Crippen LogP contribution in [-0.4, -0.2) is 26.9 Å². The van der Waals surface area contributed by atoms with E-state index < -0.39 is 0 Å². The molecule has 0 aliphatic rings. The Labute approximate surface area is 97.8 Å². The predicted molar refractivity (Wildman–Crippen MR) is 65.9 cm³/mol. The largest absolute Gasteiger partial charge is 0.496 e. The Hall–Kier alpha value is -1.06. The zero-order valence-electron chi connectivity index (χ0n) is 10.5. The fourth-order valence-electron chi connectivity index (χ4n) is 1.75. The van der Waals surface area contributed by atoms with Crippen LogP contribution in [0.15, 0.2) is 24.3 Å². The molecule has 0 bridgehead atoms. The smallest absolute Gasteiger partial charge is 0.123 e. The summed E-state index contributed by atoms with van der Waals surface area (Å²) in [6, 6.07) is 8.60. The number of benzene rings is 1. The summed E-state index contributed by atoms with van der Waals surface area (Å²) in [5.41, 5.74) is 1.14. The third kappa shape index (κ3) is 3.51. The summed E-state index contributed by atoms with van der Waals surface area (Å²) in [5.74, 6) is 0.901. The number of hydrogen-bond donors (Lipinski definition) is 1. The highest BCUT2D eigenvalue weighted by Gasteiger charge is 2.15. The van der Waals surface area contributed by atoms with Crippen LogP contribution in [0, 0.1) is 0 Å². The third-order valence-electron chi connectivity index (χ3n) is 2.38. The van der Waals surface area contributed by atoms with Crippen molar-refractivity contribution in [1.29, 1.82) is 0 Å². The first kappa shape index (κ1) is 13.0. The fourth-order valence-corrected chi connectivity index (χ4v) is 1.75. The first-order chi connectivity index (χ1) is 7.69. The van der Waals surface area contributed by atoms with Gasteiger partial charge in [0.15, 0.2) is 0 Å². The van der Waals surface area contributed by atoms with E-state index in [0.717, 1.165) is 11.3 Å². The Kier molecular flexibility index (Phi) is 5.29. The molecule has 0 heterocycles.